The van der Waals surface area contributed by atoms with Crippen LogP contribution < -0.4 is 21.8 Å². The van der Waals surface area contributed by atoms with Crippen LogP contribution in [0.4, 0.5) is 10.5 Å². The molecule has 5 rings (SSSR count). The van der Waals surface area contributed by atoms with Crippen molar-refractivity contribution in [1.29, 1.82) is 0 Å². The minimum atomic E-state index is -0.624. The molecule has 0 saturated carbocycles. The first kappa shape index (κ1) is 19.9. The van der Waals surface area contributed by atoms with Crippen LogP contribution in [0, 0.1) is 0 Å². The Kier molecular flexibility index (Phi) is 5.10. The molecule has 0 bridgehead atoms. The van der Waals surface area contributed by atoms with Gasteiger partial charge in [0, 0.05) is 41.6 Å². The summed E-state index contributed by atoms with van der Waals surface area (Å²) in [5, 5.41) is 5.67. The van der Waals surface area contributed by atoms with Crippen LogP contribution in [-0.4, -0.2) is 20.6 Å². The van der Waals surface area contributed by atoms with Gasteiger partial charge in [-0.15, -0.1) is 0 Å². The van der Waals surface area contributed by atoms with Gasteiger partial charge in [0.15, 0.2) is 0 Å². The monoisotopic (exact) mass is 429 g/mol. The van der Waals surface area contributed by atoms with E-state index in [1.165, 1.54) is 5.57 Å². The summed E-state index contributed by atoms with van der Waals surface area (Å²) in [7, 11) is 0. The first-order valence-corrected chi connectivity index (χ1v) is 10.6. The molecule has 0 radical (unpaired) electrons. The number of nitrogens with one attached hydrogen (secondary N) is 4. The van der Waals surface area contributed by atoms with E-state index >= 15 is 0 Å². The molecule has 0 spiro atoms. The van der Waals surface area contributed by atoms with E-state index in [1.54, 1.807) is 0 Å². The summed E-state index contributed by atoms with van der Waals surface area (Å²) in [5.41, 5.74) is 5.40. The average molecular weight is 429 g/mol. The Bertz CT molecular complexity index is 1360. The highest BCUT2D eigenvalue weighted by Crippen LogP contribution is 2.38. The van der Waals surface area contributed by atoms with Crippen molar-refractivity contribution in [3.05, 3.63) is 98.1 Å². The Balaban J connectivity index is 1.31. The van der Waals surface area contributed by atoms with Crippen molar-refractivity contribution in [2.45, 2.75) is 32.2 Å². The smallest absolute Gasteiger partial charge is 0.319 e. The number of anilines is 1. The molecular formula is C24H23N5O3. The van der Waals surface area contributed by atoms with Gasteiger partial charge in [-0.1, -0.05) is 23.8 Å². The maximum Gasteiger partial charge on any atom is 0.319 e. The molecule has 2 aliphatic rings. The van der Waals surface area contributed by atoms with Crippen LogP contribution in [0.15, 0.2) is 70.0 Å². The lowest BCUT2D eigenvalue weighted by Gasteiger charge is -2.26. The maximum atomic E-state index is 12.1. The third kappa shape index (κ3) is 3.94. The number of allylic oxidation sites excluding steroid dienone is 4. The zero-order chi connectivity index (χ0) is 22.1. The summed E-state index contributed by atoms with van der Waals surface area (Å²) in [4.78, 5) is 41.2. The number of rotatable bonds is 4. The molecule has 1 aromatic carbocycles. The van der Waals surface area contributed by atoms with Gasteiger partial charge in [0.1, 0.15) is 0 Å². The molecule has 3 aromatic rings. The van der Waals surface area contributed by atoms with Crippen molar-refractivity contribution >= 4 is 23.0 Å². The van der Waals surface area contributed by atoms with Gasteiger partial charge in [-0.2, -0.15) is 0 Å². The van der Waals surface area contributed by atoms with Crippen LogP contribution in [0.5, 0.6) is 0 Å². The van der Waals surface area contributed by atoms with Gasteiger partial charge < -0.3 is 25.2 Å². The Morgan fingerprint density at radius 1 is 0.969 bits per heavy atom. The molecule has 0 aliphatic heterocycles. The normalized spacial score (nSPS) is 14.9. The number of hydrogen-bond acceptors (Lipinski definition) is 3. The molecule has 2 heterocycles. The van der Waals surface area contributed by atoms with Crippen LogP contribution in [-0.2, 0) is 13.0 Å². The fraction of sp³-hybridized carbons (Fsp3) is 0.208. The largest absolute Gasteiger partial charge is 0.334 e. The predicted molar refractivity (Wildman–Crippen MR) is 123 cm³/mol. The number of H-pyrrole nitrogens is 2. The van der Waals surface area contributed by atoms with E-state index < -0.39 is 11.1 Å². The molecule has 2 aromatic heterocycles. The summed E-state index contributed by atoms with van der Waals surface area (Å²) in [6.45, 7) is 0.407. The summed E-state index contributed by atoms with van der Waals surface area (Å²) in [6, 6.07) is 11.0. The quantitative estimate of drug-likeness (QED) is 0.478. The van der Waals surface area contributed by atoms with Crippen LogP contribution in [0.2, 0.25) is 0 Å². The number of nitrogens with zero attached hydrogens (tertiary/aromatic N) is 1. The number of carbonyl (C=O) groups excluding carboxylic acids is 1. The number of aromatic amines is 2. The van der Waals surface area contributed by atoms with Crippen molar-refractivity contribution in [3.8, 4) is 0 Å². The number of urea groups is 1. The van der Waals surface area contributed by atoms with Gasteiger partial charge >= 0.3 is 17.1 Å². The van der Waals surface area contributed by atoms with Crippen LogP contribution in [0.3, 0.4) is 0 Å². The van der Waals surface area contributed by atoms with E-state index in [9.17, 15) is 14.4 Å². The van der Waals surface area contributed by atoms with Crippen molar-refractivity contribution < 1.29 is 4.79 Å². The van der Waals surface area contributed by atoms with E-state index in [-0.39, 0.29) is 6.03 Å². The van der Waals surface area contributed by atoms with E-state index in [0.717, 1.165) is 59.6 Å². The SMILES string of the molecule is O=C(NCc1ccn(C2=CC3=C(CC2)CCc2[nH]c(=O)c(=O)[nH]c23)c1)Nc1ccccc1. The molecule has 2 amide bonds. The molecule has 162 valence electrons. The summed E-state index contributed by atoms with van der Waals surface area (Å²) in [5.74, 6) is 0. The number of fused-ring (bicyclic) bond motifs is 2. The second-order valence-corrected chi connectivity index (χ2v) is 8.02. The first-order valence-electron chi connectivity index (χ1n) is 10.6. The van der Waals surface area contributed by atoms with Crippen molar-refractivity contribution in [2.24, 2.45) is 0 Å². The number of aromatic nitrogens is 3. The fourth-order valence-corrected chi connectivity index (χ4v) is 4.27. The van der Waals surface area contributed by atoms with Gasteiger partial charge in [0.2, 0.25) is 0 Å². The second kappa shape index (κ2) is 8.22. The van der Waals surface area contributed by atoms with Gasteiger partial charge in [-0.3, -0.25) is 9.59 Å². The molecule has 2 aliphatic carbocycles. The molecule has 8 heteroatoms. The van der Waals surface area contributed by atoms with Gasteiger partial charge in [0.05, 0.1) is 5.69 Å². The maximum absolute atomic E-state index is 12.1. The number of amides is 2. The standard InChI is InChI=1S/C24H23N5O3/c30-22-23(31)28-21-19-12-18(8-6-16(19)7-9-20(21)27-22)29-11-10-15(14-29)13-25-24(32)26-17-4-2-1-3-5-17/h1-5,10-12,14H,6-9,13H2,(H,27,30)(H,28,31)(H2,25,26,32). The molecule has 0 unspecified atom stereocenters. The van der Waals surface area contributed by atoms with E-state index in [2.05, 4.69) is 26.7 Å². The topological polar surface area (TPSA) is 112 Å². The number of benzene rings is 1. The molecule has 0 atom stereocenters. The average Bonchev–Trinajstić information content (AvgIpc) is 3.28. The highest BCUT2D eigenvalue weighted by Gasteiger charge is 2.23. The van der Waals surface area contributed by atoms with Crippen molar-refractivity contribution in [1.82, 2.24) is 19.9 Å². The predicted octanol–water partition coefficient (Wildman–Crippen LogP) is 3.22. The van der Waals surface area contributed by atoms with Crippen LogP contribution in [0.25, 0.3) is 11.3 Å². The van der Waals surface area contributed by atoms with Crippen molar-refractivity contribution in [3.63, 3.8) is 0 Å². The minimum Gasteiger partial charge on any atom is -0.334 e. The summed E-state index contributed by atoms with van der Waals surface area (Å²) < 4.78 is 2.05. The lowest BCUT2D eigenvalue weighted by Crippen LogP contribution is -2.33. The summed E-state index contributed by atoms with van der Waals surface area (Å²) >= 11 is 0. The second-order valence-electron chi connectivity index (χ2n) is 8.02. The Hall–Kier alpha value is -4.07. The lowest BCUT2D eigenvalue weighted by molar-refractivity contribution is 0.251. The van der Waals surface area contributed by atoms with Crippen molar-refractivity contribution in [2.75, 3.05) is 5.32 Å². The molecule has 8 nitrogen and oxygen atoms in total. The zero-order valence-electron chi connectivity index (χ0n) is 17.4. The molecule has 0 fully saturated rings. The molecule has 32 heavy (non-hydrogen) atoms. The van der Waals surface area contributed by atoms with E-state index in [0.29, 0.717) is 6.54 Å². The first-order chi connectivity index (χ1) is 15.6. The highest BCUT2D eigenvalue weighted by atomic mass is 16.2. The van der Waals surface area contributed by atoms with Gasteiger partial charge in [-0.25, -0.2) is 4.79 Å². The summed E-state index contributed by atoms with van der Waals surface area (Å²) in [6.07, 6.45) is 9.47. The van der Waals surface area contributed by atoms with E-state index in [1.807, 2.05) is 53.4 Å². The Morgan fingerprint density at radius 3 is 2.59 bits per heavy atom. The lowest BCUT2D eigenvalue weighted by atomic mass is 9.85. The molecule has 4 N–H and O–H groups in total. The minimum absolute atomic E-state index is 0.257. The fourth-order valence-electron chi connectivity index (χ4n) is 4.27. The van der Waals surface area contributed by atoms with Gasteiger partial charge in [0.25, 0.3) is 0 Å². The molecule has 0 saturated heterocycles. The number of hydrogen-bond donors (Lipinski definition) is 4. The Labute approximate surface area is 183 Å². The highest BCUT2D eigenvalue weighted by molar-refractivity contribution is 5.89. The Morgan fingerprint density at radius 2 is 1.75 bits per heavy atom. The number of aryl methyl sites for hydroxylation is 1. The number of carbonyl (C=O) groups is 1. The zero-order valence-corrected chi connectivity index (χ0v) is 17.4. The van der Waals surface area contributed by atoms with E-state index in [4.69, 9.17) is 0 Å². The van der Waals surface area contributed by atoms with Crippen LogP contribution >= 0.6 is 0 Å². The molecular weight excluding hydrogens is 406 g/mol. The third-order valence-electron chi connectivity index (χ3n) is 5.90. The van der Waals surface area contributed by atoms with Crippen LogP contribution in [0.1, 0.15) is 36.2 Å². The number of para-hydroxylation sites is 1. The third-order valence-corrected chi connectivity index (χ3v) is 5.90. The van der Waals surface area contributed by atoms with Gasteiger partial charge in [-0.05, 0) is 55.5 Å².